The first-order chi connectivity index (χ1) is 9.72. The van der Waals surface area contributed by atoms with E-state index in [1.165, 1.54) is 11.8 Å². The van der Waals surface area contributed by atoms with Crippen LogP contribution < -0.4 is 15.2 Å². The predicted octanol–water partition coefficient (Wildman–Crippen LogP) is 3.13. The molecule has 0 bridgehead atoms. The summed E-state index contributed by atoms with van der Waals surface area (Å²) in [6.07, 6.45) is 2.54. The number of benzene rings is 1. The van der Waals surface area contributed by atoms with Gasteiger partial charge in [-0.2, -0.15) is 0 Å². The minimum Gasteiger partial charge on any atom is -0.490 e. The molecule has 0 unspecified atom stereocenters. The SMILES string of the molecule is Nc1ncc(Br)c(Sc2ccc3c(c2)OCCCO3)n1. The third-order valence-corrected chi connectivity index (χ3v) is 4.50. The number of hydrogen-bond donors (Lipinski definition) is 1. The van der Waals surface area contributed by atoms with Crippen LogP contribution >= 0.6 is 27.7 Å². The van der Waals surface area contributed by atoms with Crippen molar-refractivity contribution >= 4 is 33.6 Å². The number of nitrogens with two attached hydrogens (primary N) is 1. The molecule has 2 N–H and O–H groups in total. The van der Waals surface area contributed by atoms with E-state index in [2.05, 4.69) is 25.9 Å². The molecule has 5 nitrogen and oxygen atoms in total. The lowest BCUT2D eigenvalue weighted by molar-refractivity contribution is 0.297. The van der Waals surface area contributed by atoms with Gasteiger partial charge in [0.25, 0.3) is 0 Å². The molecule has 1 aromatic heterocycles. The van der Waals surface area contributed by atoms with Gasteiger partial charge in [0, 0.05) is 17.5 Å². The van der Waals surface area contributed by atoms with Crippen molar-refractivity contribution in [2.45, 2.75) is 16.3 Å². The number of nitrogen functional groups attached to an aromatic ring is 1. The van der Waals surface area contributed by atoms with E-state index >= 15 is 0 Å². The molecular formula is C13H12BrN3O2S. The second-order valence-electron chi connectivity index (χ2n) is 4.14. The molecule has 0 radical (unpaired) electrons. The number of nitrogens with zero attached hydrogens (tertiary/aromatic N) is 2. The number of ether oxygens (including phenoxy) is 2. The number of rotatable bonds is 2. The van der Waals surface area contributed by atoms with Crippen molar-refractivity contribution in [3.05, 3.63) is 28.9 Å². The summed E-state index contributed by atoms with van der Waals surface area (Å²) in [6, 6.07) is 5.85. The summed E-state index contributed by atoms with van der Waals surface area (Å²) in [5, 5.41) is 0.770. The van der Waals surface area contributed by atoms with Crippen LogP contribution in [0.25, 0.3) is 0 Å². The van der Waals surface area contributed by atoms with Gasteiger partial charge in [-0.1, -0.05) is 11.8 Å². The molecule has 1 aliphatic rings. The Morgan fingerprint density at radius 1 is 1.20 bits per heavy atom. The smallest absolute Gasteiger partial charge is 0.221 e. The van der Waals surface area contributed by atoms with Crippen molar-refractivity contribution in [2.24, 2.45) is 0 Å². The Morgan fingerprint density at radius 3 is 2.85 bits per heavy atom. The average Bonchev–Trinajstić information content (AvgIpc) is 2.67. The van der Waals surface area contributed by atoms with Gasteiger partial charge < -0.3 is 15.2 Å². The molecule has 104 valence electrons. The van der Waals surface area contributed by atoms with Crippen molar-refractivity contribution in [2.75, 3.05) is 18.9 Å². The molecule has 0 aliphatic carbocycles. The minimum atomic E-state index is 0.255. The van der Waals surface area contributed by atoms with Crippen LogP contribution in [0.5, 0.6) is 11.5 Å². The van der Waals surface area contributed by atoms with Gasteiger partial charge in [0.05, 0.1) is 17.7 Å². The largest absolute Gasteiger partial charge is 0.490 e. The molecule has 0 atom stereocenters. The molecule has 20 heavy (non-hydrogen) atoms. The number of aromatic nitrogens is 2. The fraction of sp³-hybridized carbons (Fsp3) is 0.231. The first-order valence-electron chi connectivity index (χ1n) is 6.08. The molecule has 1 aliphatic heterocycles. The van der Waals surface area contributed by atoms with Gasteiger partial charge in [-0.15, -0.1) is 0 Å². The summed E-state index contributed by atoms with van der Waals surface area (Å²) in [6.45, 7) is 1.36. The van der Waals surface area contributed by atoms with E-state index in [-0.39, 0.29) is 5.95 Å². The van der Waals surface area contributed by atoms with E-state index in [1.807, 2.05) is 18.2 Å². The fourth-order valence-electron chi connectivity index (χ4n) is 1.75. The lowest BCUT2D eigenvalue weighted by atomic mass is 10.3. The number of fused-ring (bicyclic) bond motifs is 1. The van der Waals surface area contributed by atoms with Crippen LogP contribution in [0.4, 0.5) is 5.95 Å². The van der Waals surface area contributed by atoms with Crippen molar-refractivity contribution in [1.29, 1.82) is 0 Å². The van der Waals surface area contributed by atoms with E-state index < -0.39 is 0 Å². The second kappa shape index (κ2) is 5.88. The highest BCUT2D eigenvalue weighted by Gasteiger charge is 2.12. The first kappa shape index (κ1) is 13.5. The Kier molecular flexibility index (Phi) is 3.98. The molecule has 3 rings (SSSR count). The summed E-state index contributed by atoms with van der Waals surface area (Å²) in [5.41, 5.74) is 5.61. The zero-order chi connectivity index (χ0) is 13.9. The Hall–Kier alpha value is -1.47. The van der Waals surface area contributed by atoms with Crippen LogP contribution in [0.1, 0.15) is 6.42 Å². The molecule has 0 fully saturated rings. The van der Waals surface area contributed by atoms with Crippen LogP contribution in [-0.4, -0.2) is 23.2 Å². The Labute approximate surface area is 129 Å². The third-order valence-electron chi connectivity index (χ3n) is 2.66. The standard InChI is InChI=1S/C13H12BrN3O2S/c14-9-7-16-13(15)17-12(9)20-8-2-3-10-11(6-8)19-5-1-4-18-10/h2-3,6-7H,1,4-5H2,(H2,15,16,17). The van der Waals surface area contributed by atoms with Gasteiger partial charge in [0.15, 0.2) is 11.5 Å². The highest BCUT2D eigenvalue weighted by molar-refractivity contribution is 9.10. The van der Waals surface area contributed by atoms with Crippen molar-refractivity contribution < 1.29 is 9.47 Å². The monoisotopic (exact) mass is 353 g/mol. The van der Waals surface area contributed by atoms with Crippen LogP contribution in [0.3, 0.4) is 0 Å². The van der Waals surface area contributed by atoms with Gasteiger partial charge >= 0.3 is 0 Å². The average molecular weight is 354 g/mol. The molecule has 0 saturated heterocycles. The topological polar surface area (TPSA) is 70.3 Å². The molecule has 2 aromatic rings. The molecule has 1 aromatic carbocycles. The van der Waals surface area contributed by atoms with Gasteiger partial charge in [-0.05, 0) is 34.1 Å². The fourth-order valence-corrected chi connectivity index (χ4v) is 3.00. The molecule has 0 spiro atoms. The van der Waals surface area contributed by atoms with Gasteiger partial charge in [0.1, 0.15) is 5.03 Å². The van der Waals surface area contributed by atoms with Gasteiger partial charge in [0.2, 0.25) is 5.95 Å². The third kappa shape index (κ3) is 2.99. The number of hydrogen-bond acceptors (Lipinski definition) is 6. The molecule has 0 amide bonds. The van der Waals surface area contributed by atoms with E-state index in [4.69, 9.17) is 15.2 Å². The number of halogens is 1. The lowest BCUT2D eigenvalue weighted by Gasteiger charge is -2.09. The van der Waals surface area contributed by atoms with E-state index in [0.29, 0.717) is 13.2 Å². The lowest BCUT2D eigenvalue weighted by Crippen LogP contribution is -1.97. The van der Waals surface area contributed by atoms with Crippen molar-refractivity contribution in [3.8, 4) is 11.5 Å². The summed E-state index contributed by atoms with van der Waals surface area (Å²) in [7, 11) is 0. The van der Waals surface area contributed by atoms with E-state index in [1.54, 1.807) is 6.20 Å². The summed E-state index contributed by atoms with van der Waals surface area (Å²) in [4.78, 5) is 9.14. The first-order valence-corrected chi connectivity index (χ1v) is 7.69. The highest BCUT2D eigenvalue weighted by atomic mass is 79.9. The maximum absolute atomic E-state index is 5.67. The zero-order valence-electron chi connectivity index (χ0n) is 10.5. The normalized spacial score (nSPS) is 13.8. The van der Waals surface area contributed by atoms with Crippen molar-refractivity contribution in [3.63, 3.8) is 0 Å². The molecule has 7 heteroatoms. The highest BCUT2D eigenvalue weighted by Crippen LogP contribution is 2.37. The van der Waals surface area contributed by atoms with Crippen LogP contribution in [-0.2, 0) is 0 Å². The Balaban J connectivity index is 1.87. The zero-order valence-corrected chi connectivity index (χ0v) is 12.9. The summed E-state index contributed by atoms with van der Waals surface area (Å²) in [5.74, 6) is 1.81. The minimum absolute atomic E-state index is 0.255. The molecule has 0 saturated carbocycles. The summed E-state index contributed by atoms with van der Waals surface area (Å²) >= 11 is 4.91. The van der Waals surface area contributed by atoms with Crippen LogP contribution in [0.15, 0.2) is 38.8 Å². The van der Waals surface area contributed by atoms with Crippen LogP contribution in [0, 0.1) is 0 Å². The molecule has 2 heterocycles. The van der Waals surface area contributed by atoms with E-state index in [9.17, 15) is 0 Å². The Morgan fingerprint density at radius 2 is 2.00 bits per heavy atom. The Bertz CT molecular complexity index is 639. The number of anilines is 1. The molecular weight excluding hydrogens is 342 g/mol. The predicted molar refractivity (Wildman–Crippen MR) is 80.3 cm³/mol. The maximum Gasteiger partial charge on any atom is 0.221 e. The van der Waals surface area contributed by atoms with Crippen molar-refractivity contribution in [1.82, 2.24) is 9.97 Å². The van der Waals surface area contributed by atoms with Gasteiger partial charge in [-0.3, -0.25) is 0 Å². The summed E-state index contributed by atoms with van der Waals surface area (Å²) < 4.78 is 12.1. The quantitative estimate of drug-likeness (QED) is 0.836. The van der Waals surface area contributed by atoms with Crippen LogP contribution in [0.2, 0.25) is 0 Å². The van der Waals surface area contributed by atoms with Gasteiger partial charge in [-0.25, -0.2) is 9.97 Å². The maximum atomic E-state index is 5.67. The van der Waals surface area contributed by atoms with E-state index in [0.717, 1.165) is 32.3 Å². The second-order valence-corrected chi connectivity index (χ2v) is 6.06.